The summed E-state index contributed by atoms with van der Waals surface area (Å²) in [6.45, 7) is 2.76. The maximum Gasteiger partial charge on any atom is 0.416 e. The van der Waals surface area contributed by atoms with Crippen LogP contribution in [-0.2, 0) is 12.6 Å². The Balaban J connectivity index is 1.22. The quantitative estimate of drug-likeness (QED) is 0.239. The highest BCUT2D eigenvalue weighted by molar-refractivity contribution is 7.18. The summed E-state index contributed by atoms with van der Waals surface area (Å²) in [6, 6.07) is 17.0. The Morgan fingerprint density at radius 3 is 2.31 bits per heavy atom. The van der Waals surface area contributed by atoms with Crippen molar-refractivity contribution in [2.24, 2.45) is 0 Å². The number of alkyl halides is 3. The molecule has 0 radical (unpaired) electrons. The van der Waals surface area contributed by atoms with Crippen LogP contribution in [0.1, 0.15) is 22.4 Å². The smallest absolute Gasteiger partial charge is 0.369 e. The highest BCUT2D eigenvalue weighted by Gasteiger charge is 2.29. The monoisotopic (exact) mass is 494 g/mol. The Bertz CT molecular complexity index is 1430. The Morgan fingerprint density at radius 2 is 1.66 bits per heavy atom. The molecule has 0 saturated heterocycles. The first-order valence-electron chi connectivity index (χ1n) is 11.1. The predicted molar refractivity (Wildman–Crippen MR) is 131 cm³/mol. The van der Waals surface area contributed by atoms with Crippen molar-refractivity contribution in [2.45, 2.75) is 25.9 Å². The molecule has 3 heterocycles. The van der Waals surface area contributed by atoms with Gasteiger partial charge in [0.05, 0.1) is 10.9 Å². The van der Waals surface area contributed by atoms with E-state index in [1.807, 2.05) is 31.2 Å². The van der Waals surface area contributed by atoms with E-state index in [1.165, 1.54) is 18.4 Å². The molecule has 0 saturated carbocycles. The summed E-state index contributed by atoms with van der Waals surface area (Å²) < 4.78 is 43.3. The number of halogens is 3. The first-order valence-corrected chi connectivity index (χ1v) is 11.9. The molecule has 0 bridgehead atoms. The van der Waals surface area contributed by atoms with Crippen LogP contribution in [0.4, 0.5) is 19.0 Å². The van der Waals surface area contributed by atoms with Crippen LogP contribution in [0.3, 0.4) is 0 Å². The van der Waals surface area contributed by atoms with Crippen molar-refractivity contribution in [3.05, 3.63) is 82.9 Å². The van der Waals surface area contributed by atoms with E-state index >= 15 is 0 Å². The molecule has 2 aromatic carbocycles. The number of nitrogens with zero attached hydrogens (tertiary/aromatic N) is 3. The van der Waals surface area contributed by atoms with Crippen molar-refractivity contribution in [3.63, 3.8) is 0 Å². The number of aromatic nitrogens is 3. The van der Waals surface area contributed by atoms with Gasteiger partial charge in [0.1, 0.15) is 16.9 Å². The number of anilines is 1. The number of rotatable bonds is 7. The van der Waals surface area contributed by atoms with Gasteiger partial charge in [0, 0.05) is 17.5 Å². The minimum Gasteiger partial charge on any atom is -0.369 e. The molecule has 0 aliphatic carbocycles. The van der Waals surface area contributed by atoms with E-state index in [0.717, 1.165) is 69.1 Å². The highest BCUT2D eigenvalue weighted by Crippen LogP contribution is 2.32. The molecule has 5 nitrogen and oxygen atoms in total. The molecule has 5 aromatic rings. The summed E-state index contributed by atoms with van der Waals surface area (Å²) >= 11 is 1.61. The zero-order valence-electron chi connectivity index (χ0n) is 18.8. The number of nitrogens with one attached hydrogen (secondary N) is 1. The lowest BCUT2D eigenvalue weighted by atomic mass is 10.0. The standard InChI is InChI=1S/C26H21F3N4OS/c1-16-15-21-23(31-24(32-25(21)35-16)22-12-14-34-33-22)30-13-2-3-17-4-6-18(7-5-17)19-8-10-20(11-9-19)26(27,28)29/h4-12,14-15H,2-3,13H2,1H3,(H,30,31,32). The first kappa shape index (κ1) is 23.0. The van der Waals surface area contributed by atoms with E-state index in [0.29, 0.717) is 11.5 Å². The molecule has 1 N–H and O–H groups in total. The zero-order valence-corrected chi connectivity index (χ0v) is 19.6. The van der Waals surface area contributed by atoms with Crippen molar-refractivity contribution in [2.75, 3.05) is 11.9 Å². The van der Waals surface area contributed by atoms with Gasteiger partial charge in [-0.25, -0.2) is 9.97 Å². The number of hydrogen-bond donors (Lipinski definition) is 1. The fraction of sp³-hybridized carbons (Fsp3) is 0.192. The summed E-state index contributed by atoms with van der Waals surface area (Å²) in [7, 11) is 0. The van der Waals surface area contributed by atoms with Crippen molar-refractivity contribution in [1.82, 2.24) is 15.1 Å². The minimum atomic E-state index is -4.33. The predicted octanol–water partition coefficient (Wildman–Crippen LogP) is 7.39. The van der Waals surface area contributed by atoms with E-state index in [1.54, 1.807) is 17.4 Å². The molecule has 0 amide bonds. The number of hydrogen-bond acceptors (Lipinski definition) is 6. The molecule has 35 heavy (non-hydrogen) atoms. The summed E-state index contributed by atoms with van der Waals surface area (Å²) in [4.78, 5) is 11.3. The maximum atomic E-state index is 12.8. The molecule has 178 valence electrons. The fourth-order valence-electron chi connectivity index (χ4n) is 3.83. The third-order valence-corrected chi connectivity index (χ3v) is 6.56. The van der Waals surface area contributed by atoms with Gasteiger partial charge in [0.2, 0.25) is 0 Å². The van der Waals surface area contributed by atoms with E-state index < -0.39 is 11.7 Å². The topological polar surface area (TPSA) is 63.8 Å². The lowest BCUT2D eigenvalue weighted by Gasteiger charge is -2.09. The summed E-state index contributed by atoms with van der Waals surface area (Å²) in [5.74, 6) is 1.30. The van der Waals surface area contributed by atoms with E-state index in [9.17, 15) is 13.2 Å². The molecular weight excluding hydrogens is 473 g/mol. The molecule has 0 aliphatic heterocycles. The second-order valence-corrected chi connectivity index (χ2v) is 9.39. The molecule has 9 heteroatoms. The molecule has 5 rings (SSSR count). The molecular formula is C26H21F3N4OS. The van der Waals surface area contributed by atoms with Crippen molar-refractivity contribution >= 4 is 27.4 Å². The van der Waals surface area contributed by atoms with Gasteiger partial charge in [-0.2, -0.15) is 13.2 Å². The lowest BCUT2D eigenvalue weighted by molar-refractivity contribution is -0.137. The molecule has 0 fully saturated rings. The van der Waals surface area contributed by atoms with Crippen LogP contribution >= 0.6 is 11.3 Å². The van der Waals surface area contributed by atoms with Gasteiger partial charge in [0.25, 0.3) is 0 Å². The summed E-state index contributed by atoms with van der Waals surface area (Å²) in [5.41, 5.74) is 2.75. The third kappa shape index (κ3) is 5.19. The Labute approximate surface area is 203 Å². The normalized spacial score (nSPS) is 11.8. The number of benzene rings is 2. The average molecular weight is 495 g/mol. The Kier molecular flexibility index (Phi) is 6.25. The number of thiophene rings is 1. The van der Waals surface area contributed by atoms with Gasteiger partial charge in [-0.3, -0.25) is 0 Å². The van der Waals surface area contributed by atoms with Gasteiger partial charge in [-0.05, 0) is 54.7 Å². The highest BCUT2D eigenvalue weighted by atomic mass is 32.1. The minimum absolute atomic E-state index is 0.523. The van der Waals surface area contributed by atoms with Crippen LogP contribution in [0.2, 0.25) is 0 Å². The van der Waals surface area contributed by atoms with Gasteiger partial charge in [-0.15, -0.1) is 11.3 Å². The fourth-order valence-corrected chi connectivity index (χ4v) is 4.71. The van der Waals surface area contributed by atoms with Crippen LogP contribution in [0.5, 0.6) is 0 Å². The van der Waals surface area contributed by atoms with E-state index in [4.69, 9.17) is 4.52 Å². The first-order chi connectivity index (χ1) is 16.9. The second-order valence-electron chi connectivity index (χ2n) is 8.16. The molecule has 0 atom stereocenters. The van der Waals surface area contributed by atoms with Gasteiger partial charge in [-0.1, -0.05) is 41.6 Å². The van der Waals surface area contributed by atoms with Crippen LogP contribution in [0.15, 0.2) is 71.4 Å². The van der Waals surface area contributed by atoms with Crippen LogP contribution in [0, 0.1) is 6.92 Å². The van der Waals surface area contributed by atoms with Gasteiger partial charge in [0.15, 0.2) is 11.5 Å². The largest absolute Gasteiger partial charge is 0.416 e. The van der Waals surface area contributed by atoms with Crippen LogP contribution in [0.25, 0.3) is 32.9 Å². The Hall–Kier alpha value is -3.72. The summed E-state index contributed by atoms with van der Waals surface area (Å²) in [6.07, 6.45) is -1.09. The third-order valence-electron chi connectivity index (χ3n) is 5.62. The number of fused-ring (bicyclic) bond motifs is 1. The molecule has 3 aromatic heterocycles. The lowest BCUT2D eigenvalue weighted by Crippen LogP contribution is -2.06. The second kappa shape index (κ2) is 9.50. The SMILES string of the molecule is Cc1cc2c(NCCCc3ccc(-c4ccc(C(F)(F)F)cc4)cc3)nc(-c3ccon3)nc2s1. The number of aryl methyl sites for hydroxylation is 2. The molecule has 0 aliphatic rings. The van der Waals surface area contributed by atoms with Crippen molar-refractivity contribution < 1.29 is 17.7 Å². The van der Waals surface area contributed by atoms with Gasteiger partial charge >= 0.3 is 6.18 Å². The van der Waals surface area contributed by atoms with E-state index in [2.05, 4.69) is 26.5 Å². The van der Waals surface area contributed by atoms with Crippen molar-refractivity contribution in [3.8, 4) is 22.6 Å². The molecule has 0 unspecified atom stereocenters. The molecule has 0 spiro atoms. The van der Waals surface area contributed by atoms with E-state index in [-0.39, 0.29) is 0 Å². The van der Waals surface area contributed by atoms with Crippen LogP contribution in [-0.4, -0.2) is 21.7 Å². The Morgan fingerprint density at radius 1 is 0.943 bits per heavy atom. The zero-order chi connectivity index (χ0) is 24.4. The average Bonchev–Trinajstić information content (AvgIpc) is 3.51. The van der Waals surface area contributed by atoms with Crippen LogP contribution < -0.4 is 5.32 Å². The summed E-state index contributed by atoms with van der Waals surface area (Å²) in [5, 5.41) is 8.37. The maximum absolute atomic E-state index is 12.8. The van der Waals surface area contributed by atoms with Gasteiger partial charge < -0.3 is 9.84 Å². The van der Waals surface area contributed by atoms with Crippen molar-refractivity contribution in [1.29, 1.82) is 0 Å².